The summed E-state index contributed by atoms with van der Waals surface area (Å²) in [4.78, 5) is 0. The minimum absolute atomic E-state index is 0.458. The van der Waals surface area contributed by atoms with Crippen LogP contribution >= 0.6 is 0 Å². The Morgan fingerprint density at radius 3 is 1.39 bits per heavy atom. The molecular weight excluding hydrogens is 501 g/mol. The fraction of sp³-hybridized carbons (Fsp3) is 0.162. The van der Waals surface area contributed by atoms with Gasteiger partial charge in [0.15, 0.2) is 0 Å². The van der Waals surface area contributed by atoms with E-state index in [4.69, 9.17) is 9.31 Å². The fourth-order valence-electron chi connectivity index (χ4n) is 5.27. The Bertz CT molecular complexity index is 1680. The van der Waals surface area contributed by atoms with Gasteiger partial charge in [0.2, 0.25) is 0 Å². The van der Waals surface area contributed by atoms with E-state index >= 15 is 0 Å². The molecule has 0 unspecified atom stereocenters. The summed E-state index contributed by atoms with van der Waals surface area (Å²) in [6.07, 6.45) is 0. The van der Waals surface area contributed by atoms with Crippen LogP contribution in [0.5, 0.6) is 0 Å². The van der Waals surface area contributed by atoms with E-state index in [-0.39, 0.29) is 0 Å². The van der Waals surface area contributed by atoms with Crippen LogP contribution in [0.3, 0.4) is 0 Å². The van der Waals surface area contributed by atoms with Crippen molar-refractivity contribution >= 4 is 12.6 Å². The lowest BCUT2D eigenvalue weighted by Gasteiger charge is -2.32. The van der Waals surface area contributed by atoms with Gasteiger partial charge in [-0.25, -0.2) is 0 Å². The molecular formula is C37H32BNO2. The number of hydrogen-bond donors (Lipinski definition) is 0. The molecule has 1 aliphatic heterocycles. The third-order valence-corrected chi connectivity index (χ3v) is 8.29. The second-order valence-electron chi connectivity index (χ2n) is 11.7. The van der Waals surface area contributed by atoms with Crippen LogP contribution in [-0.2, 0) is 9.31 Å². The highest BCUT2D eigenvalue weighted by molar-refractivity contribution is 6.62. The van der Waals surface area contributed by atoms with Crippen molar-refractivity contribution in [2.45, 2.75) is 38.9 Å². The Morgan fingerprint density at radius 2 is 0.902 bits per heavy atom. The molecule has 0 saturated carbocycles. The highest BCUT2D eigenvalue weighted by Gasteiger charge is 2.51. The molecule has 3 nitrogen and oxygen atoms in total. The average Bonchev–Trinajstić information content (AvgIpc) is 3.23. The molecule has 0 N–H and O–H groups in total. The highest BCUT2D eigenvalue weighted by atomic mass is 16.7. The smallest absolute Gasteiger partial charge is 0.399 e. The van der Waals surface area contributed by atoms with Crippen LogP contribution in [0.4, 0.5) is 0 Å². The molecule has 0 aromatic heterocycles. The van der Waals surface area contributed by atoms with Crippen LogP contribution in [0.2, 0.25) is 0 Å². The van der Waals surface area contributed by atoms with Gasteiger partial charge in [0.25, 0.3) is 0 Å². The molecule has 5 aromatic rings. The summed E-state index contributed by atoms with van der Waals surface area (Å²) in [5, 5.41) is 9.86. The first kappa shape index (κ1) is 26.8. The molecule has 1 saturated heterocycles. The zero-order chi connectivity index (χ0) is 28.6. The van der Waals surface area contributed by atoms with Crippen molar-refractivity contribution < 1.29 is 9.31 Å². The van der Waals surface area contributed by atoms with Crippen molar-refractivity contribution in [3.8, 4) is 50.6 Å². The van der Waals surface area contributed by atoms with Crippen molar-refractivity contribution in [3.63, 3.8) is 0 Å². The first-order valence-electron chi connectivity index (χ1n) is 14.0. The Kier molecular flexibility index (Phi) is 6.87. The summed E-state index contributed by atoms with van der Waals surface area (Å²) in [5.74, 6) is 0. The maximum atomic E-state index is 9.86. The molecule has 1 aliphatic rings. The van der Waals surface area contributed by atoms with Crippen molar-refractivity contribution in [2.24, 2.45) is 0 Å². The Morgan fingerprint density at radius 1 is 0.488 bits per heavy atom. The van der Waals surface area contributed by atoms with Gasteiger partial charge < -0.3 is 9.31 Å². The summed E-state index contributed by atoms with van der Waals surface area (Å²) in [7, 11) is -0.536. The first-order valence-corrected chi connectivity index (χ1v) is 14.0. The fourth-order valence-corrected chi connectivity index (χ4v) is 5.27. The normalized spacial score (nSPS) is 15.4. The zero-order valence-corrected chi connectivity index (χ0v) is 23.9. The lowest BCUT2D eigenvalue weighted by atomic mass is 9.77. The second-order valence-corrected chi connectivity index (χ2v) is 11.7. The van der Waals surface area contributed by atoms with E-state index in [1.807, 2.05) is 52.0 Å². The summed E-state index contributed by atoms with van der Waals surface area (Å²) in [5.41, 5.74) is 9.43. The molecule has 41 heavy (non-hydrogen) atoms. The Hall–Kier alpha value is -4.43. The van der Waals surface area contributed by atoms with Gasteiger partial charge >= 0.3 is 7.12 Å². The number of benzene rings is 5. The topological polar surface area (TPSA) is 42.2 Å². The van der Waals surface area contributed by atoms with Crippen molar-refractivity contribution in [2.75, 3.05) is 0 Å². The molecule has 200 valence electrons. The van der Waals surface area contributed by atoms with E-state index in [9.17, 15) is 5.26 Å². The maximum absolute atomic E-state index is 9.86. The molecule has 0 aliphatic carbocycles. The van der Waals surface area contributed by atoms with Gasteiger partial charge in [-0.15, -0.1) is 0 Å². The Labute approximate surface area is 243 Å². The summed E-state index contributed by atoms with van der Waals surface area (Å²) in [6, 6.07) is 44.5. The number of hydrogen-bond acceptors (Lipinski definition) is 3. The van der Waals surface area contributed by atoms with E-state index in [0.717, 1.165) is 27.7 Å². The van der Waals surface area contributed by atoms with Gasteiger partial charge in [-0.05, 0) is 114 Å². The SMILES string of the molecule is CC1(C)OB(c2cc(C#N)cc(-c3cccc(-c4cc(-c5ccccc5)cc(-c5ccccc5)c4)c3)c2)OC1(C)C. The molecule has 0 spiro atoms. The largest absolute Gasteiger partial charge is 0.494 e. The maximum Gasteiger partial charge on any atom is 0.494 e. The molecule has 4 heteroatoms. The van der Waals surface area contributed by atoms with E-state index in [1.54, 1.807) is 0 Å². The van der Waals surface area contributed by atoms with Crippen LogP contribution in [-0.4, -0.2) is 18.3 Å². The molecule has 1 fully saturated rings. The predicted octanol–water partition coefficient (Wildman–Crippen LogP) is 8.53. The molecule has 5 aromatic carbocycles. The van der Waals surface area contributed by atoms with E-state index in [1.165, 1.54) is 22.3 Å². The minimum atomic E-state index is -0.536. The van der Waals surface area contributed by atoms with Gasteiger partial charge in [0, 0.05) is 0 Å². The number of nitriles is 1. The van der Waals surface area contributed by atoms with Gasteiger partial charge in [-0.2, -0.15) is 5.26 Å². The van der Waals surface area contributed by atoms with Gasteiger partial charge in [-0.3, -0.25) is 0 Å². The molecule has 0 bridgehead atoms. The molecule has 6 rings (SSSR count). The molecule has 1 heterocycles. The van der Waals surface area contributed by atoms with Crippen molar-refractivity contribution in [1.82, 2.24) is 0 Å². The van der Waals surface area contributed by atoms with Crippen LogP contribution in [0, 0.1) is 11.3 Å². The van der Waals surface area contributed by atoms with Crippen molar-refractivity contribution in [3.05, 3.63) is 127 Å². The summed E-state index contributed by atoms with van der Waals surface area (Å²) < 4.78 is 12.6. The van der Waals surface area contributed by atoms with E-state index in [2.05, 4.69) is 103 Å². The lowest BCUT2D eigenvalue weighted by molar-refractivity contribution is 0.00578. The third kappa shape index (κ3) is 5.35. The van der Waals surface area contributed by atoms with E-state index in [0.29, 0.717) is 5.56 Å². The highest BCUT2D eigenvalue weighted by Crippen LogP contribution is 2.38. The minimum Gasteiger partial charge on any atom is -0.399 e. The Balaban J connectivity index is 1.43. The van der Waals surface area contributed by atoms with Crippen LogP contribution in [0.1, 0.15) is 33.3 Å². The number of nitrogens with zero attached hydrogens (tertiary/aromatic N) is 1. The standard InChI is InChI=1S/C37H32BNO2/c1-36(2)37(3,4)41-38(40-36)35-19-26(25-39)18-31(24-35)29-16-11-17-30(20-29)34-22-32(27-12-7-5-8-13-27)21-33(23-34)28-14-9-6-10-15-28/h5-24H,1-4H3. The van der Waals surface area contributed by atoms with Crippen LogP contribution < -0.4 is 5.46 Å². The van der Waals surface area contributed by atoms with Crippen LogP contribution in [0.15, 0.2) is 121 Å². The molecule has 0 atom stereocenters. The third-order valence-electron chi connectivity index (χ3n) is 8.29. The molecule has 0 radical (unpaired) electrons. The average molecular weight is 533 g/mol. The lowest BCUT2D eigenvalue weighted by Crippen LogP contribution is -2.41. The van der Waals surface area contributed by atoms with Gasteiger partial charge in [0.05, 0.1) is 22.8 Å². The predicted molar refractivity (Wildman–Crippen MR) is 169 cm³/mol. The summed E-state index contributed by atoms with van der Waals surface area (Å²) >= 11 is 0. The van der Waals surface area contributed by atoms with Gasteiger partial charge in [0.1, 0.15) is 0 Å². The quantitative estimate of drug-likeness (QED) is 0.213. The zero-order valence-electron chi connectivity index (χ0n) is 23.9. The van der Waals surface area contributed by atoms with E-state index < -0.39 is 18.3 Å². The van der Waals surface area contributed by atoms with Crippen molar-refractivity contribution in [1.29, 1.82) is 5.26 Å². The first-order chi connectivity index (χ1) is 19.7. The van der Waals surface area contributed by atoms with Gasteiger partial charge in [-0.1, -0.05) is 84.9 Å². The van der Waals surface area contributed by atoms with Crippen LogP contribution in [0.25, 0.3) is 44.5 Å². The number of rotatable bonds is 5. The second kappa shape index (κ2) is 10.5. The summed E-state index contributed by atoms with van der Waals surface area (Å²) in [6.45, 7) is 8.16. The molecule has 0 amide bonds. The monoisotopic (exact) mass is 533 g/mol.